The molecular formula is C7H3N3S. The highest BCUT2D eigenvalue weighted by Crippen LogP contribution is 2.05. The fraction of sp³-hybridized carbons (Fsp3) is 0. The lowest BCUT2D eigenvalue weighted by Crippen LogP contribution is -1.73. The van der Waals surface area contributed by atoms with Crippen molar-refractivity contribution in [3.05, 3.63) is 22.2 Å². The molecule has 0 spiro atoms. The van der Waals surface area contributed by atoms with Gasteiger partial charge in [-0.25, -0.2) is 4.98 Å². The molecule has 1 heterocycles. The Bertz CT molecular complexity index is 321. The topological polar surface area (TPSA) is 60.5 Å². The summed E-state index contributed by atoms with van der Waals surface area (Å²) in [6, 6.07) is 3.51. The minimum atomic E-state index is 0.0795. The maximum absolute atomic E-state index is 8.36. The summed E-state index contributed by atoms with van der Waals surface area (Å²) in [5, 5.41) is 18.5. The first kappa shape index (κ1) is 7.46. The van der Waals surface area contributed by atoms with Gasteiger partial charge in [0.1, 0.15) is 17.7 Å². The van der Waals surface area contributed by atoms with Gasteiger partial charge in [-0.1, -0.05) is 0 Å². The van der Waals surface area contributed by atoms with Crippen LogP contribution in [0.4, 0.5) is 0 Å². The highest BCUT2D eigenvalue weighted by atomic mass is 32.1. The lowest BCUT2D eigenvalue weighted by atomic mass is 10.3. The van der Waals surface area contributed by atoms with Crippen LogP contribution in [-0.4, -0.2) is 4.98 Å². The predicted molar refractivity (Wildman–Crippen MR) is 41.3 cm³/mol. The molecule has 3 nitrogen and oxygen atoms in total. The summed E-state index contributed by atoms with van der Waals surface area (Å²) in [6.07, 6.45) is 1.45. The van der Waals surface area contributed by atoms with Crippen molar-refractivity contribution in [3.8, 4) is 12.1 Å². The maximum Gasteiger partial charge on any atom is 0.131 e. The summed E-state index contributed by atoms with van der Waals surface area (Å²) in [6.45, 7) is 0. The first-order chi connectivity index (χ1) is 5.36. The zero-order valence-corrected chi connectivity index (χ0v) is 6.30. The summed E-state index contributed by atoms with van der Waals surface area (Å²) in [5.74, 6) is 0. The normalized spacial score (nSPS) is 7.82. The van der Waals surface area contributed by atoms with Crippen LogP contribution >= 0.6 is 11.3 Å². The second kappa shape index (κ2) is 3.50. The SMILES string of the molecule is N#CC(C#N)=Cc1cscn1. The van der Waals surface area contributed by atoms with E-state index in [-0.39, 0.29) is 5.57 Å². The van der Waals surface area contributed by atoms with Crippen molar-refractivity contribution >= 4 is 17.4 Å². The lowest BCUT2D eigenvalue weighted by Gasteiger charge is -1.79. The molecule has 0 N–H and O–H groups in total. The van der Waals surface area contributed by atoms with Gasteiger partial charge in [0.2, 0.25) is 0 Å². The van der Waals surface area contributed by atoms with E-state index in [2.05, 4.69) is 4.98 Å². The highest BCUT2D eigenvalue weighted by molar-refractivity contribution is 7.07. The van der Waals surface area contributed by atoms with E-state index < -0.39 is 0 Å². The number of allylic oxidation sites excluding steroid dienone is 1. The van der Waals surface area contributed by atoms with E-state index in [0.717, 1.165) is 0 Å². The van der Waals surface area contributed by atoms with Crippen molar-refractivity contribution in [2.75, 3.05) is 0 Å². The molecular weight excluding hydrogens is 158 g/mol. The molecule has 0 aliphatic heterocycles. The summed E-state index contributed by atoms with van der Waals surface area (Å²) in [7, 11) is 0. The highest BCUT2D eigenvalue weighted by Gasteiger charge is 1.93. The minimum Gasteiger partial charge on any atom is -0.245 e. The van der Waals surface area contributed by atoms with Crippen molar-refractivity contribution in [1.29, 1.82) is 10.5 Å². The van der Waals surface area contributed by atoms with Crippen molar-refractivity contribution in [2.24, 2.45) is 0 Å². The van der Waals surface area contributed by atoms with E-state index in [1.807, 2.05) is 0 Å². The molecule has 11 heavy (non-hydrogen) atoms. The molecule has 0 amide bonds. The molecule has 0 bridgehead atoms. The predicted octanol–water partition coefficient (Wildman–Crippen LogP) is 1.57. The molecule has 52 valence electrons. The molecule has 0 atom stereocenters. The van der Waals surface area contributed by atoms with Gasteiger partial charge in [-0.2, -0.15) is 10.5 Å². The van der Waals surface area contributed by atoms with Crippen molar-refractivity contribution < 1.29 is 0 Å². The van der Waals surface area contributed by atoms with Gasteiger partial charge in [0.25, 0.3) is 0 Å². The van der Waals surface area contributed by atoms with Crippen molar-refractivity contribution in [1.82, 2.24) is 4.98 Å². The Balaban J connectivity index is 2.93. The van der Waals surface area contributed by atoms with Crippen molar-refractivity contribution in [2.45, 2.75) is 0 Å². The average molecular weight is 161 g/mol. The Kier molecular flexibility index (Phi) is 2.37. The largest absolute Gasteiger partial charge is 0.245 e. The van der Waals surface area contributed by atoms with Crippen molar-refractivity contribution in [3.63, 3.8) is 0 Å². The van der Waals surface area contributed by atoms with Gasteiger partial charge < -0.3 is 0 Å². The van der Waals surface area contributed by atoms with E-state index in [9.17, 15) is 0 Å². The number of thiazole rings is 1. The number of nitriles is 2. The minimum absolute atomic E-state index is 0.0795. The average Bonchev–Trinajstić information content (AvgIpc) is 2.52. The van der Waals surface area contributed by atoms with Crippen LogP contribution in [0.1, 0.15) is 5.69 Å². The standard InChI is InChI=1S/C7H3N3S/c8-2-6(3-9)1-7-4-11-5-10-7/h1,4-5H. The zero-order chi connectivity index (χ0) is 8.10. The number of nitrogens with zero attached hydrogens (tertiary/aromatic N) is 3. The van der Waals surface area contributed by atoms with E-state index in [0.29, 0.717) is 5.69 Å². The van der Waals surface area contributed by atoms with Gasteiger partial charge in [-0.3, -0.25) is 0 Å². The Labute approximate surface area is 67.8 Å². The van der Waals surface area contributed by atoms with Crippen LogP contribution in [0, 0.1) is 22.7 Å². The van der Waals surface area contributed by atoms with Gasteiger partial charge in [-0.05, 0) is 6.08 Å². The third kappa shape index (κ3) is 1.89. The molecule has 0 fully saturated rings. The van der Waals surface area contributed by atoms with E-state index in [4.69, 9.17) is 10.5 Å². The molecule has 1 rings (SSSR count). The smallest absolute Gasteiger partial charge is 0.131 e. The summed E-state index contributed by atoms with van der Waals surface area (Å²) in [4.78, 5) is 3.89. The number of hydrogen-bond donors (Lipinski definition) is 0. The zero-order valence-electron chi connectivity index (χ0n) is 5.48. The Morgan fingerprint density at radius 1 is 1.55 bits per heavy atom. The quantitative estimate of drug-likeness (QED) is 0.587. The van der Waals surface area contributed by atoms with Crippen LogP contribution < -0.4 is 0 Å². The van der Waals surface area contributed by atoms with E-state index >= 15 is 0 Å². The summed E-state index contributed by atoms with van der Waals surface area (Å²) in [5.41, 5.74) is 2.39. The van der Waals surface area contributed by atoms with Gasteiger partial charge in [0.05, 0.1) is 11.2 Å². The number of aromatic nitrogens is 1. The Hall–Kier alpha value is -1.65. The second-order valence-corrected chi connectivity index (χ2v) is 2.41. The first-order valence-corrected chi connectivity index (χ1v) is 3.71. The molecule has 0 aliphatic carbocycles. The molecule has 0 saturated carbocycles. The molecule has 0 aliphatic rings. The lowest BCUT2D eigenvalue weighted by molar-refractivity contribution is 1.37. The molecule has 0 unspecified atom stereocenters. The van der Waals surface area contributed by atoms with Gasteiger partial charge >= 0.3 is 0 Å². The number of hydrogen-bond acceptors (Lipinski definition) is 4. The van der Waals surface area contributed by atoms with E-state index in [1.165, 1.54) is 17.4 Å². The fourth-order valence-corrected chi connectivity index (χ4v) is 1.04. The molecule has 4 heteroatoms. The van der Waals surface area contributed by atoms with Crippen LogP contribution in [-0.2, 0) is 0 Å². The molecule has 0 aromatic carbocycles. The fourth-order valence-electron chi connectivity index (χ4n) is 0.531. The van der Waals surface area contributed by atoms with Gasteiger partial charge in [0.15, 0.2) is 0 Å². The third-order valence-electron chi connectivity index (χ3n) is 0.985. The Morgan fingerprint density at radius 3 is 2.73 bits per heavy atom. The summed E-state index contributed by atoms with van der Waals surface area (Å²) >= 11 is 1.43. The van der Waals surface area contributed by atoms with Crippen LogP contribution in [0.5, 0.6) is 0 Å². The Morgan fingerprint density at radius 2 is 2.27 bits per heavy atom. The first-order valence-electron chi connectivity index (χ1n) is 2.77. The second-order valence-electron chi connectivity index (χ2n) is 1.69. The maximum atomic E-state index is 8.36. The van der Waals surface area contributed by atoms with Gasteiger partial charge in [-0.15, -0.1) is 11.3 Å². The van der Waals surface area contributed by atoms with Crippen LogP contribution in [0.2, 0.25) is 0 Å². The van der Waals surface area contributed by atoms with Crippen LogP contribution in [0.15, 0.2) is 16.5 Å². The molecule has 1 aromatic rings. The molecule has 0 saturated heterocycles. The van der Waals surface area contributed by atoms with Crippen LogP contribution in [0.25, 0.3) is 6.08 Å². The van der Waals surface area contributed by atoms with Gasteiger partial charge in [0, 0.05) is 5.38 Å². The number of rotatable bonds is 1. The molecule has 0 radical (unpaired) electrons. The molecule has 1 aromatic heterocycles. The van der Waals surface area contributed by atoms with E-state index in [1.54, 1.807) is 23.0 Å². The third-order valence-corrected chi connectivity index (χ3v) is 1.59. The van der Waals surface area contributed by atoms with Crippen LogP contribution in [0.3, 0.4) is 0 Å². The summed E-state index contributed by atoms with van der Waals surface area (Å²) < 4.78 is 0. The monoisotopic (exact) mass is 161 g/mol.